The van der Waals surface area contributed by atoms with Crippen molar-refractivity contribution >= 4 is 0 Å². The average molecular weight is 217 g/mol. The largest absolute Gasteiger partial charge is 0.304 e. The number of hydrogen-bond donors (Lipinski definition) is 1. The highest BCUT2D eigenvalue weighted by Crippen LogP contribution is 2.02. The van der Waals surface area contributed by atoms with Crippen molar-refractivity contribution in [1.29, 1.82) is 5.26 Å². The van der Waals surface area contributed by atoms with Crippen molar-refractivity contribution in [3.05, 3.63) is 35.9 Å². The minimum absolute atomic E-state index is 0.447. The number of hydrogen-bond acceptors (Lipinski definition) is 3. The SMILES string of the molecule is CN(CCCNCC#N)Cc1ccccc1. The Morgan fingerprint density at radius 2 is 2.06 bits per heavy atom. The molecule has 0 aliphatic rings. The lowest BCUT2D eigenvalue weighted by Crippen LogP contribution is -2.24. The summed E-state index contributed by atoms with van der Waals surface area (Å²) in [6, 6.07) is 12.5. The second-order valence-corrected chi connectivity index (χ2v) is 3.91. The maximum Gasteiger partial charge on any atom is 0.0840 e. The molecule has 0 spiro atoms. The molecule has 0 aromatic heterocycles. The van der Waals surface area contributed by atoms with Crippen LogP contribution in [0.15, 0.2) is 30.3 Å². The predicted octanol–water partition coefficient (Wildman–Crippen LogP) is 1.62. The first-order valence-corrected chi connectivity index (χ1v) is 5.63. The van der Waals surface area contributed by atoms with E-state index in [-0.39, 0.29) is 0 Å². The van der Waals surface area contributed by atoms with Crippen LogP contribution in [0.5, 0.6) is 0 Å². The topological polar surface area (TPSA) is 39.1 Å². The van der Waals surface area contributed by atoms with E-state index in [1.54, 1.807) is 0 Å². The molecule has 86 valence electrons. The molecule has 1 aromatic rings. The zero-order chi connectivity index (χ0) is 11.6. The lowest BCUT2D eigenvalue weighted by molar-refractivity contribution is 0.320. The smallest absolute Gasteiger partial charge is 0.0840 e. The fraction of sp³-hybridized carbons (Fsp3) is 0.462. The van der Waals surface area contributed by atoms with Crippen molar-refractivity contribution in [2.45, 2.75) is 13.0 Å². The van der Waals surface area contributed by atoms with E-state index in [1.807, 2.05) is 6.07 Å². The van der Waals surface area contributed by atoms with Gasteiger partial charge in [-0.05, 0) is 32.1 Å². The molecule has 1 N–H and O–H groups in total. The van der Waals surface area contributed by atoms with Gasteiger partial charge in [-0.2, -0.15) is 5.26 Å². The van der Waals surface area contributed by atoms with Crippen LogP contribution in [0.1, 0.15) is 12.0 Å². The van der Waals surface area contributed by atoms with Gasteiger partial charge in [-0.25, -0.2) is 0 Å². The van der Waals surface area contributed by atoms with Crippen LogP contribution in [0.25, 0.3) is 0 Å². The molecule has 0 amide bonds. The summed E-state index contributed by atoms with van der Waals surface area (Å²) < 4.78 is 0. The van der Waals surface area contributed by atoms with Gasteiger partial charge in [0, 0.05) is 6.54 Å². The van der Waals surface area contributed by atoms with E-state index in [0.29, 0.717) is 6.54 Å². The van der Waals surface area contributed by atoms with Crippen LogP contribution < -0.4 is 5.32 Å². The first-order valence-electron chi connectivity index (χ1n) is 5.63. The molecule has 1 rings (SSSR count). The molecule has 0 fully saturated rings. The molecule has 3 nitrogen and oxygen atoms in total. The summed E-state index contributed by atoms with van der Waals surface area (Å²) in [6.45, 7) is 3.39. The Morgan fingerprint density at radius 3 is 2.75 bits per heavy atom. The molecule has 0 unspecified atom stereocenters. The van der Waals surface area contributed by atoms with Crippen LogP contribution in [0.3, 0.4) is 0 Å². The summed E-state index contributed by atoms with van der Waals surface area (Å²) in [7, 11) is 2.12. The zero-order valence-electron chi connectivity index (χ0n) is 9.82. The van der Waals surface area contributed by atoms with Crippen molar-refractivity contribution < 1.29 is 0 Å². The molecule has 0 saturated heterocycles. The van der Waals surface area contributed by atoms with Gasteiger partial charge < -0.3 is 10.2 Å². The summed E-state index contributed by atoms with van der Waals surface area (Å²) in [5.41, 5.74) is 1.34. The minimum Gasteiger partial charge on any atom is -0.304 e. The summed E-state index contributed by atoms with van der Waals surface area (Å²) in [4.78, 5) is 2.30. The molecule has 0 bridgehead atoms. The van der Waals surface area contributed by atoms with Gasteiger partial charge in [0.2, 0.25) is 0 Å². The Kier molecular flexibility index (Phi) is 6.24. The van der Waals surface area contributed by atoms with Gasteiger partial charge in [-0.15, -0.1) is 0 Å². The van der Waals surface area contributed by atoms with E-state index < -0.39 is 0 Å². The van der Waals surface area contributed by atoms with Crippen LogP contribution in [-0.2, 0) is 6.54 Å². The van der Waals surface area contributed by atoms with E-state index in [1.165, 1.54) is 5.56 Å². The van der Waals surface area contributed by atoms with Crippen LogP contribution in [0.4, 0.5) is 0 Å². The van der Waals surface area contributed by atoms with E-state index in [4.69, 9.17) is 5.26 Å². The molecule has 0 aliphatic carbocycles. The van der Waals surface area contributed by atoms with Crippen molar-refractivity contribution in [2.75, 3.05) is 26.7 Å². The molecule has 1 aromatic carbocycles. The van der Waals surface area contributed by atoms with Crippen molar-refractivity contribution in [3.8, 4) is 6.07 Å². The van der Waals surface area contributed by atoms with Gasteiger partial charge >= 0.3 is 0 Å². The fourth-order valence-corrected chi connectivity index (χ4v) is 1.59. The third-order valence-electron chi connectivity index (χ3n) is 2.39. The van der Waals surface area contributed by atoms with Crippen LogP contribution in [-0.4, -0.2) is 31.6 Å². The molecule has 0 saturated carbocycles. The van der Waals surface area contributed by atoms with Crippen LogP contribution in [0.2, 0.25) is 0 Å². The van der Waals surface area contributed by atoms with E-state index in [0.717, 1.165) is 26.1 Å². The maximum absolute atomic E-state index is 8.35. The predicted molar refractivity (Wildman–Crippen MR) is 65.9 cm³/mol. The van der Waals surface area contributed by atoms with Gasteiger partial charge in [0.25, 0.3) is 0 Å². The van der Waals surface area contributed by atoms with Gasteiger partial charge in [0.15, 0.2) is 0 Å². The molecular formula is C13H19N3. The third kappa shape index (κ3) is 5.50. The van der Waals surface area contributed by atoms with Crippen LogP contribution >= 0.6 is 0 Å². The average Bonchev–Trinajstić information content (AvgIpc) is 2.30. The number of nitriles is 1. The highest BCUT2D eigenvalue weighted by atomic mass is 15.1. The van der Waals surface area contributed by atoms with Crippen molar-refractivity contribution in [3.63, 3.8) is 0 Å². The quantitative estimate of drug-likeness (QED) is 0.557. The van der Waals surface area contributed by atoms with E-state index in [9.17, 15) is 0 Å². The van der Waals surface area contributed by atoms with Gasteiger partial charge in [0.1, 0.15) is 0 Å². The Hall–Kier alpha value is -1.37. The summed E-state index contributed by atoms with van der Waals surface area (Å²) in [5.74, 6) is 0. The standard InChI is InChI=1S/C13H19N3/c1-16(11-5-9-15-10-8-14)12-13-6-3-2-4-7-13/h2-4,6-7,15H,5,9-12H2,1H3. The Bertz CT molecular complexity index is 316. The number of nitrogens with zero attached hydrogens (tertiary/aromatic N) is 2. The first kappa shape index (κ1) is 12.7. The fourth-order valence-electron chi connectivity index (χ4n) is 1.59. The van der Waals surface area contributed by atoms with Gasteiger partial charge in [0.05, 0.1) is 12.6 Å². The molecule has 0 heterocycles. The van der Waals surface area contributed by atoms with Gasteiger partial charge in [-0.1, -0.05) is 30.3 Å². The number of benzene rings is 1. The summed E-state index contributed by atoms with van der Waals surface area (Å²) >= 11 is 0. The molecule has 3 heteroatoms. The molecule has 16 heavy (non-hydrogen) atoms. The van der Waals surface area contributed by atoms with E-state index >= 15 is 0 Å². The lowest BCUT2D eigenvalue weighted by atomic mass is 10.2. The first-order chi connectivity index (χ1) is 7.83. The van der Waals surface area contributed by atoms with Crippen molar-refractivity contribution in [1.82, 2.24) is 10.2 Å². The third-order valence-corrected chi connectivity index (χ3v) is 2.39. The second-order valence-electron chi connectivity index (χ2n) is 3.91. The van der Waals surface area contributed by atoms with Gasteiger partial charge in [-0.3, -0.25) is 0 Å². The molecule has 0 radical (unpaired) electrons. The number of rotatable bonds is 7. The summed E-state index contributed by atoms with van der Waals surface area (Å²) in [5, 5.41) is 11.4. The van der Waals surface area contributed by atoms with E-state index in [2.05, 4.69) is 47.6 Å². The molecular weight excluding hydrogens is 198 g/mol. The summed E-state index contributed by atoms with van der Waals surface area (Å²) in [6.07, 6.45) is 1.07. The highest BCUT2D eigenvalue weighted by Gasteiger charge is 1.98. The Labute approximate surface area is 97.7 Å². The van der Waals surface area contributed by atoms with Crippen molar-refractivity contribution in [2.24, 2.45) is 0 Å². The highest BCUT2D eigenvalue weighted by molar-refractivity contribution is 5.14. The maximum atomic E-state index is 8.35. The number of nitrogens with one attached hydrogen (secondary N) is 1. The van der Waals surface area contributed by atoms with Crippen LogP contribution in [0, 0.1) is 11.3 Å². The molecule has 0 atom stereocenters. The lowest BCUT2D eigenvalue weighted by Gasteiger charge is -2.16. The Balaban J connectivity index is 2.12. The Morgan fingerprint density at radius 1 is 1.31 bits per heavy atom. The zero-order valence-corrected chi connectivity index (χ0v) is 9.82. The normalized spacial score (nSPS) is 10.3. The molecule has 0 aliphatic heterocycles. The second kappa shape index (κ2) is 7.86. The minimum atomic E-state index is 0.447. The monoisotopic (exact) mass is 217 g/mol.